The van der Waals surface area contributed by atoms with Crippen LogP contribution in [0.1, 0.15) is 16.9 Å². The Morgan fingerprint density at radius 1 is 1.10 bits per heavy atom. The summed E-state index contributed by atoms with van der Waals surface area (Å²) in [5, 5.41) is 40.7. The van der Waals surface area contributed by atoms with Crippen LogP contribution in [-0.4, -0.2) is 72.0 Å². The van der Waals surface area contributed by atoms with Gasteiger partial charge in [0.2, 0.25) is 0 Å². The normalized spacial score (nSPS) is 26.8. The smallest absolute Gasteiger partial charge is 0.347 e. The standard InChI is InChI=1S/C20H26O10/c1-8-11(26-3)5-10(22)15-14(8)9(2)13(29-19(15)25)7-28-20-17(24)16(23)18(27-4)12(6-21)30-20/h5,12,16-18,20-24H,6-7H2,1-4H3/t12-,16-,17-,18-,20-/m1/s1. The predicted octanol–water partition coefficient (Wildman–Crippen LogP) is 0.0946. The monoisotopic (exact) mass is 426 g/mol. The second-order valence-corrected chi connectivity index (χ2v) is 7.13. The topological polar surface area (TPSA) is 148 Å². The second-order valence-electron chi connectivity index (χ2n) is 7.13. The third-order valence-corrected chi connectivity index (χ3v) is 5.42. The van der Waals surface area contributed by atoms with Crippen molar-refractivity contribution in [1.82, 2.24) is 0 Å². The molecule has 0 radical (unpaired) electrons. The average Bonchev–Trinajstić information content (AvgIpc) is 2.73. The molecule has 4 N–H and O–H groups in total. The Balaban J connectivity index is 1.92. The summed E-state index contributed by atoms with van der Waals surface area (Å²) >= 11 is 0. The summed E-state index contributed by atoms with van der Waals surface area (Å²) in [5.41, 5.74) is 0.426. The highest BCUT2D eigenvalue weighted by molar-refractivity contribution is 5.94. The van der Waals surface area contributed by atoms with Crippen molar-refractivity contribution in [3.63, 3.8) is 0 Å². The fourth-order valence-corrected chi connectivity index (χ4v) is 3.79. The van der Waals surface area contributed by atoms with Crippen molar-refractivity contribution >= 4 is 10.8 Å². The van der Waals surface area contributed by atoms with Gasteiger partial charge in [0.15, 0.2) is 6.29 Å². The lowest BCUT2D eigenvalue weighted by Crippen LogP contribution is -2.59. The zero-order valence-corrected chi connectivity index (χ0v) is 17.1. The number of aromatic hydroxyl groups is 1. The van der Waals surface area contributed by atoms with Crippen LogP contribution in [0.15, 0.2) is 15.3 Å². The van der Waals surface area contributed by atoms with Gasteiger partial charge in [-0.2, -0.15) is 0 Å². The molecule has 0 spiro atoms. The molecule has 10 heteroatoms. The van der Waals surface area contributed by atoms with Gasteiger partial charge in [-0.25, -0.2) is 4.79 Å². The highest BCUT2D eigenvalue weighted by Gasteiger charge is 2.45. The van der Waals surface area contributed by atoms with Crippen molar-refractivity contribution in [2.45, 2.75) is 51.2 Å². The highest BCUT2D eigenvalue weighted by Crippen LogP contribution is 2.36. The Kier molecular flexibility index (Phi) is 6.65. The number of aliphatic hydroxyl groups is 3. The lowest BCUT2D eigenvalue weighted by Gasteiger charge is -2.41. The Morgan fingerprint density at radius 3 is 2.40 bits per heavy atom. The SMILES string of the molecule is COc1cc(O)c2c(=O)oc(CO[C@@H]3O[C@H](CO)[C@@H](OC)[C@H](O)[C@H]3O)c(C)c2c1C. The fraction of sp³-hybridized carbons (Fsp3) is 0.550. The second kappa shape index (κ2) is 8.88. The number of hydrogen-bond donors (Lipinski definition) is 4. The number of ether oxygens (including phenoxy) is 4. The summed E-state index contributed by atoms with van der Waals surface area (Å²) in [6, 6.07) is 1.35. The summed E-state index contributed by atoms with van der Waals surface area (Å²) in [5.74, 6) is 0.302. The molecule has 2 aromatic rings. The van der Waals surface area contributed by atoms with Gasteiger partial charge in [-0.15, -0.1) is 0 Å². The van der Waals surface area contributed by atoms with Crippen LogP contribution in [0.4, 0.5) is 0 Å². The quantitative estimate of drug-likeness (QED) is 0.501. The van der Waals surface area contributed by atoms with Gasteiger partial charge in [0.05, 0.1) is 13.7 Å². The maximum Gasteiger partial charge on any atom is 0.347 e. The van der Waals surface area contributed by atoms with E-state index < -0.39 is 42.9 Å². The minimum Gasteiger partial charge on any atom is -0.507 e. The molecule has 1 aromatic heterocycles. The molecule has 0 aliphatic carbocycles. The molecule has 30 heavy (non-hydrogen) atoms. The average molecular weight is 426 g/mol. The Hall–Kier alpha value is -2.21. The van der Waals surface area contributed by atoms with E-state index in [-0.39, 0.29) is 23.5 Å². The van der Waals surface area contributed by atoms with Gasteiger partial charge >= 0.3 is 5.63 Å². The lowest BCUT2D eigenvalue weighted by atomic mass is 9.99. The first-order valence-electron chi connectivity index (χ1n) is 9.34. The van der Waals surface area contributed by atoms with E-state index in [9.17, 15) is 25.2 Å². The Labute approximate surface area is 172 Å². The van der Waals surface area contributed by atoms with Crippen LogP contribution in [-0.2, 0) is 20.8 Å². The zero-order valence-electron chi connectivity index (χ0n) is 17.1. The van der Waals surface area contributed by atoms with E-state index in [1.807, 2.05) is 0 Å². The molecule has 5 atom stereocenters. The zero-order chi connectivity index (χ0) is 22.2. The van der Waals surface area contributed by atoms with Crippen LogP contribution in [0, 0.1) is 13.8 Å². The first-order valence-corrected chi connectivity index (χ1v) is 9.34. The van der Waals surface area contributed by atoms with Crippen LogP contribution < -0.4 is 10.4 Å². The Morgan fingerprint density at radius 2 is 1.80 bits per heavy atom. The third kappa shape index (κ3) is 3.78. The summed E-state index contributed by atoms with van der Waals surface area (Å²) < 4.78 is 26.7. The summed E-state index contributed by atoms with van der Waals surface area (Å²) in [7, 11) is 2.78. The molecule has 0 saturated carbocycles. The van der Waals surface area contributed by atoms with Crippen LogP contribution in [0.25, 0.3) is 10.8 Å². The van der Waals surface area contributed by atoms with Gasteiger partial charge in [0.1, 0.15) is 53.7 Å². The molecule has 0 amide bonds. The fourth-order valence-electron chi connectivity index (χ4n) is 3.79. The van der Waals surface area contributed by atoms with Crippen LogP contribution in [0.3, 0.4) is 0 Å². The van der Waals surface area contributed by atoms with Crippen LogP contribution in [0.5, 0.6) is 11.5 Å². The first kappa shape index (κ1) is 22.5. The summed E-state index contributed by atoms with van der Waals surface area (Å²) in [4.78, 5) is 12.5. The molecule has 1 aromatic carbocycles. The van der Waals surface area contributed by atoms with Crippen molar-refractivity contribution in [2.75, 3.05) is 20.8 Å². The molecular weight excluding hydrogens is 400 g/mol. The summed E-state index contributed by atoms with van der Waals surface area (Å²) in [6.45, 7) is 2.72. The van der Waals surface area contributed by atoms with Crippen molar-refractivity contribution in [3.05, 3.63) is 33.4 Å². The van der Waals surface area contributed by atoms with Gasteiger partial charge in [0, 0.05) is 18.6 Å². The third-order valence-electron chi connectivity index (χ3n) is 5.42. The molecule has 10 nitrogen and oxygen atoms in total. The van der Waals surface area contributed by atoms with E-state index >= 15 is 0 Å². The molecular formula is C20H26O10. The number of methoxy groups -OCH3 is 2. The molecule has 1 aliphatic rings. The van der Waals surface area contributed by atoms with E-state index in [4.69, 9.17) is 23.4 Å². The van der Waals surface area contributed by atoms with Gasteiger partial charge in [0.25, 0.3) is 0 Å². The Bertz CT molecular complexity index is 966. The minimum atomic E-state index is -1.45. The molecule has 1 saturated heterocycles. The van der Waals surface area contributed by atoms with Gasteiger partial charge in [-0.1, -0.05) is 0 Å². The van der Waals surface area contributed by atoms with E-state index in [1.54, 1.807) is 13.8 Å². The van der Waals surface area contributed by atoms with Gasteiger partial charge < -0.3 is 43.8 Å². The highest BCUT2D eigenvalue weighted by atomic mass is 16.7. The number of rotatable bonds is 6. The summed E-state index contributed by atoms with van der Waals surface area (Å²) in [6.07, 6.45) is -5.92. The minimum absolute atomic E-state index is 0.0298. The maximum atomic E-state index is 12.5. The maximum absolute atomic E-state index is 12.5. The number of fused-ring (bicyclic) bond motifs is 1. The molecule has 166 valence electrons. The van der Waals surface area contributed by atoms with Crippen molar-refractivity contribution in [3.8, 4) is 11.5 Å². The number of aliphatic hydroxyl groups excluding tert-OH is 3. The number of phenolic OH excluding ortho intramolecular Hbond substituents is 1. The van der Waals surface area contributed by atoms with Gasteiger partial charge in [-0.05, 0) is 25.0 Å². The largest absolute Gasteiger partial charge is 0.507 e. The molecule has 3 rings (SSSR count). The number of phenols is 1. The lowest BCUT2D eigenvalue weighted by molar-refractivity contribution is -0.308. The first-order chi connectivity index (χ1) is 14.2. The van der Waals surface area contributed by atoms with E-state index in [2.05, 4.69) is 0 Å². The molecule has 1 aliphatic heterocycles. The van der Waals surface area contributed by atoms with Crippen molar-refractivity contribution in [2.24, 2.45) is 0 Å². The van der Waals surface area contributed by atoms with E-state index in [0.717, 1.165) is 0 Å². The molecule has 2 heterocycles. The predicted molar refractivity (Wildman–Crippen MR) is 104 cm³/mol. The number of aryl methyl sites for hydroxylation is 2. The number of hydrogen-bond acceptors (Lipinski definition) is 10. The van der Waals surface area contributed by atoms with E-state index in [0.29, 0.717) is 22.3 Å². The van der Waals surface area contributed by atoms with E-state index in [1.165, 1.54) is 20.3 Å². The van der Waals surface area contributed by atoms with Crippen LogP contribution in [0.2, 0.25) is 0 Å². The van der Waals surface area contributed by atoms with Crippen LogP contribution >= 0.6 is 0 Å². The molecule has 1 fully saturated rings. The van der Waals surface area contributed by atoms with Crippen molar-refractivity contribution < 1.29 is 43.8 Å². The number of benzene rings is 1. The van der Waals surface area contributed by atoms with Gasteiger partial charge in [-0.3, -0.25) is 0 Å². The van der Waals surface area contributed by atoms with Crippen molar-refractivity contribution in [1.29, 1.82) is 0 Å². The molecule has 0 bridgehead atoms. The molecule has 0 unspecified atom stereocenters.